The summed E-state index contributed by atoms with van der Waals surface area (Å²) in [5.74, 6) is 0.280. The van der Waals surface area contributed by atoms with Gasteiger partial charge in [-0.25, -0.2) is 0 Å². The topological polar surface area (TPSA) is 45.2 Å². The maximum absolute atomic E-state index is 10.2. The number of nitrogens with zero attached hydrogens (tertiary/aromatic N) is 1. The lowest BCUT2D eigenvalue weighted by Gasteiger charge is -2.33. The van der Waals surface area contributed by atoms with Gasteiger partial charge in [0, 0.05) is 30.4 Å². The van der Waals surface area contributed by atoms with Crippen LogP contribution in [0.4, 0.5) is 0 Å². The zero-order chi connectivity index (χ0) is 13.8. The second-order valence-electron chi connectivity index (χ2n) is 6.03. The molecular weight excluding hydrogens is 224 g/mol. The van der Waals surface area contributed by atoms with Crippen molar-refractivity contribution in [3.63, 3.8) is 0 Å². The molecule has 1 aromatic heterocycles. The summed E-state index contributed by atoms with van der Waals surface area (Å²) in [6.45, 7) is 11.9. The Hall–Kier alpha value is -0.930. The fourth-order valence-corrected chi connectivity index (χ4v) is 2.23. The largest absolute Gasteiger partial charge is 0.392 e. The van der Waals surface area contributed by atoms with Gasteiger partial charge in [0.15, 0.2) is 0 Å². The Morgan fingerprint density at radius 3 is 2.61 bits per heavy atom. The van der Waals surface area contributed by atoms with Crippen LogP contribution < -0.4 is 5.32 Å². The molecule has 0 amide bonds. The first-order valence-corrected chi connectivity index (χ1v) is 6.64. The third kappa shape index (κ3) is 4.07. The van der Waals surface area contributed by atoms with Crippen LogP contribution in [-0.4, -0.2) is 22.7 Å². The average Bonchev–Trinajstić information content (AvgIpc) is 2.30. The van der Waals surface area contributed by atoms with Crippen LogP contribution >= 0.6 is 0 Å². The molecule has 0 aromatic carbocycles. The van der Waals surface area contributed by atoms with E-state index >= 15 is 0 Å². The number of aliphatic hydroxyl groups excluding tert-OH is 1. The predicted molar refractivity (Wildman–Crippen MR) is 75.3 cm³/mol. The molecule has 1 atom stereocenters. The number of nitrogens with one attached hydrogen (secondary N) is 1. The molecule has 0 aliphatic carbocycles. The van der Waals surface area contributed by atoms with Gasteiger partial charge in [-0.15, -0.1) is 0 Å². The Kier molecular flexibility index (Phi) is 5.29. The second-order valence-corrected chi connectivity index (χ2v) is 6.03. The maximum Gasteiger partial charge on any atom is 0.0626 e. The van der Waals surface area contributed by atoms with E-state index in [1.54, 1.807) is 0 Å². The lowest BCUT2D eigenvalue weighted by molar-refractivity contribution is 0.0134. The molecule has 0 fully saturated rings. The van der Waals surface area contributed by atoms with Crippen molar-refractivity contribution < 1.29 is 5.11 Å². The average molecular weight is 250 g/mol. The Bertz CT molecular complexity index is 375. The first-order chi connectivity index (χ1) is 8.34. The molecule has 1 unspecified atom stereocenters. The van der Waals surface area contributed by atoms with Gasteiger partial charge in [0.25, 0.3) is 0 Å². The summed E-state index contributed by atoms with van der Waals surface area (Å²) in [4.78, 5) is 4.27. The van der Waals surface area contributed by atoms with Gasteiger partial charge in [-0.3, -0.25) is 4.98 Å². The van der Waals surface area contributed by atoms with Gasteiger partial charge >= 0.3 is 0 Å². The lowest BCUT2D eigenvalue weighted by atomic mass is 9.80. The Labute approximate surface area is 111 Å². The first kappa shape index (κ1) is 15.1. The highest BCUT2D eigenvalue weighted by Gasteiger charge is 2.29. The summed E-state index contributed by atoms with van der Waals surface area (Å²) < 4.78 is 0. The van der Waals surface area contributed by atoms with E-state index in [1.165, 1.54) is 5.56 Å². The van der Waals surface area contributed by atoms with Crippen molar-refractivity contribution in [2.24, 2.45) is 11.3 Å². The van der Waals surface area contributed by atoms with E-state index in [4.69, 9.17) is 0 Å². The van der Waals surface area contributed by atoms with E-state index < -0.39 is 0 Å². The van der Waals surface area contributed by atoms with Gasteiger partial charge in [0.05, 0.1) is 6.10 Å². The lowest BCUT2D eigenvalue weighted by Crippen LogP contribution is -2.41. The molecule has 1 rings (SSSR count). The summed E-state index contributed by atoms with van der Waals surface area (Å²) in [6, 6.07) is 4.04. The van der Waals surface area contributed by atoms with Crippen LogP contribution in [0, 0.1) is 18.3 Å². The van der Waals surface area contributed by atoms with Crippen LogP contribution in [0.25, 0.3) is 0 Å². The molecule has 1 aromatic rings. The van der Waals surface area contributed by atoms with Gasteiger partial charge < -0.3 is 10.4 Å². The van der Waals surface area contributed by atoms with Crippen molar-refractivity contribution in [2.75, 3.05) is 6.54 Å². The number of aryl methyl sites for hydroxylation is 1. The first-order valence-electron chi connectivity index (χ1n) is 6.64. The third-order valence-corrected chi connectivity index (χ3v) is 3.44. The highest BCUT2D eigenvalue weighted by molar-refractivity contribution is 5.17. The Morgan fingerprint density at radius 1 is 1.39 bits per heavy atom. The molecule has 2 N–H and O–H groups in total. The second kappa shape index (κ2) is 6.30. The quantitative estimate of drug-likeness (QED) is 0.815. The summed E-state index contributed by atoms with van der Waals surface area (Å²) in [5, 5.41) is 13.6. The van der Waals surface area contributed by atoms with Crippen LogP contribution in [0.1, 0.15) is 39.0 Å². The molecule has 0 spiro atoms. The normalized spacial score (nSPS) is 13.9. The van der Waals surface area contributed by atoms with Crippen LogP contribution in [0.15, 0.2) is 18.3 Å². The molecule has 102 valence electrons. The highest BCUT2D eigenvalue weighted by atomic mass is 16.3. The minimum atomic E-state index is -0.292. The summed E-state index contributed by atoms with van der Waals surface area (Å²) >= 11 is 0. The fourth-order valence-electron chi connectivity index (χ4n) is 2.23. The third-order valence-electron chi connectivity index (χ3n) is 3.44. The van der Waals surface area contributed by atoms with Gasteiger partial charge in [-0.1, -0.05) is 33.8 Å². The SMILES string of the molecule is Cc1ncccc1CNCC(C)(C)C(O)C(C)C. The van der Waals surface area contributed by atoms with E-state index in [9.17, 15) is 5.11 Å². The summed E-state index contributed by atoms with van der Waals surface area (Å²) in [7, 11) is 0. The van der Waals surface area contributed by atoms with E-state index in [2.05, 4.69) is 44.1 Å². The molecule has 0 saturated heterocycles. The number of hydrogen-bond acceptors (Lipinski definition) is 3. The van der Waals surface area contributed by atoms with E-state index in [0.717, 1.165) is 18.8 Å². The Balaban J connectivity index is 2.49. The molecule has 0 saturated carbocycles. The van der Waals surface area contributed by atoms with Crippen LogP contribution in [0.3, 0.4) is 0 Å². The fraction of sp³-hybridized carbons (Fsp3) is 0.667. The molecule has 0 aliphatic rings. The standard InChI is InChI=1S/C15H26N2O/c1-11(2)14(18)15(4,5)10-16-9-13-7-6-8-17-12(13)3/h6-8,11,14,16,18H,9-10H2,1-5H3. The minimum absolute atomic E-state index is 0.121. The number of aromatic nitrogens is 1. The van der Waals surface area contributed by atoms with Crippen molar-refractivity contribution in [3.05, 3.63) is 29.6 Å². The van der Waals surface area contributed by atoms with Crippen molar-refractivity contribution in [2.45, 2.75) is 47.3 Å². The molecule has 18 heavy (non-hydrogen) atoms. The number of rotatable bonds is 6. The maximum atomic E-state index is 10.2. The number of hydrogen-bond donors (Lipinski definition) is 2. The highest BCUT2D eigenvalue weighted by Crippen LogP contribution is 2.25. The van der Waals surface area contributed by atoms with Gasteiger partial charge in [-0.05, 0) is 24.5 Å². The van der Waals surface area contributed by atoms with Gasteiger partial charge in [0.1, 0.15) is 0 Å². The minimum Gasteiger partial charge on any atom is -0.392 e. The molecule has 3 heteroatoms. The number of pyridine rings is 1. The van der Waals surface area contributed by atoms with E-state index in [1.807, 2.05) is 19.2 Å². The van der Waals surface area contributed by atoms with E-state index in [0.29, 0.717) is 0 Å². The van der Waals surface area contributed by atoms with Gasteiger partial charge in [-0.2, -0.15) is 0 Å². The molecule has 3 nitrogen and oxygen atoms in total. The molecule has 0 radical (unpaired) electrons. The van der Waals surface area contributed by atoms with Gasteiger partial charge in [0.2, 0.25) is 0 Å². The van der Waals surface area contributed by atoms with Crippen molar-refractivity contribution in [1.82, 2.24) is 10.3 Å². The number of aliphatic hydroxyl groups is 1. The summed E-state index contributed by atoms with van der Waals surface area (Å²) in [5.41, 5.74) is 2.16. The van der Waals surface area contributed by atoms with Crippen LogP contribution in [0.2, 0.25) is 0 Å². The summed E-state index contributed by atoms with van der Waals surface area (Å²) in [6.07, 6.45) is 1.52. The van der Waals surface area contributed by atoms with Crippen LogP contribution in [0.5, 0.6) is 0 Å². The van der Waals surface area contributed by atoms with Crippen LogP contribution in [-0.2, 0) is 6.54 Å². The molecule has 0 aliphatic heterocycles. The molecule has 1 heterocycles. The Morgan fingerprint density at radius 2 is 2.06 bits per heavy atom. The monoisotopic (exact) mass is 250 g/mol. The van der Waals surface area contributed by atoms with E-state index in [-0.39, 0.29) is 17.4 Å². The zero-order valence-corrected chi connectivity index (χ0v) is 12.2. The van der Waals surface area contributed by atoms with Crippen molar-refractivity contribution in [3.8, 4) is 0 Å². The predicted octanol–water partition coefficient (Wildman–Crippen LogP) is 2.52. The van der Waals surface area contributed by atoms with Crippen molar-refractivity contribution in [1.29, 1.82) is 0 Å². The molecular formula is C15H26N2O. The zero-order valence-electron chi connectivity index (χ0n) is 12.2. The van der Waals surface area contributed by atoms with Crippen molar-refractivity contribution >= 4 is 0 Å². The molecule has 0 bridgehead atoms. The smallest absolute Gasteiger partial charge is 0.0626 e.